The number of para-hydroxylation sites is 1. The van der Waals surface area contributed by atoms with Crippen molar-refractivity contribution >= 4 is 29.6 Å². The van der Waals surface area contributed by atoms with Crippen LogP contribution in [0.1, 0.15) is 89.5 Å². The molecule has 1 amide bonds. The standard InChI is InChI=1S/C36H48N2O10/c1-2-3-4-10-15-27(39)16-11-7-5-6-8-14-19-30(36(46,25-32(40)41)35(45)48-37)33(42)38-31(34(43)44)24-26-20-22-29(23-21-26)47-28-17-12-9-13-18-28/h9,12-14,17-23,30-31,46H,2-8,10-11,15-16,24-25,37H2,1H3,(H,38,42)(H,40,41)(H,43,44)/b19-14+/t30-,31+,36+/m1/s1. The molecule has 0 aromatic heterocycles. The van der Waals surface area contributed by atoms with Gasteiger partial charge in [0.1, 0.15) is 23.3 Å². The first kappa shape index (κ1) is 39.6. The van der Waals surface area contributed by atoms with Crippen LogP contribution in [0.5, 0.6) is 11.5 Å². The van der Waals surface area contributed by atoms with Gasteiger partial charge in [0.2, 0.25) is 5.91 Å². The van der Waals surface area contributed by atoms with Gasteiger partial charge in [0.05, 0.1) is 12.3 Å². The lowest BCUT2D eigenvalue weighted by molar-refractivity contribution is -0.178. The summed E-state index contributed by atoms with van der Waals surface area (Å²) in [5.74, 6) is -1.13. The zero-order chi connectivity index (χ0) is 35.4. The molecular formula is C36H48N2O10. The molecule has 262 valence electrons. The van der Waals surface area contributed by atoms with Gasteiger partial charge < -0.3 is 30.2 Å². The highest BCUT2D eigenvalue weighted by Crippen LogP contribution is 2.27. The number of nitrogens with two attached hydrogens (primary N) is 1. The number of benzene rings is 2. The van der Waals surface area contributed by atoms with Gasteiger partial charge in [0.15, 0.2) is 5.60 Å². The molecule has 0 fully saturated rings. The lowest BCUT2D eigenvalue weighted by Crippen LogP contribution is -2.56. The van der Waals surface area contributed by atoms with E-state index < -0.39 is 47.8 Å². The average molecular weight is 669 g/mol. The van der Waals surface area contributed by atoms with Crippen LogP contribution >= 0.6 is 0 Å². The van der Waals surface area contributed by atoms with Crippen LogP contribution in [0.15, 0.2) is 66.7 Å². The number of aliphatic hydroxyl groups is 1. The lowest BCUT2D eigenvalue weighted by Gasteiger charge is -2.30. The summed E-state index contributed by atoms with van der Waals surface area (Å²) in [5, 5.41) is 32.8. The Kier molecular flexibility index (Phi) is 17.6. The van der Waals surface area contributed by atoms with Crippen molar-refractivity contribution < 1.29 is 48.9 Å². The highest BCUT2D eigenvalue weighted by atomic mass is 16.7. The minimum absolute atomic E-state index is 0.164. The van der Waals surface area contributed by atoms with E-state index in [9.17, 15) is 39.3 Å². The van der Waals surface area contributed by atoms with Gasteiger partial charge in [0.25, 0.3) is 0 Å². The van der Waals surface area contributed by atoms with Crippen molar-refractivity contribution in [2.24, 2.45) is 11.8 Å². The number of hydrogen-bond donors (Lipinski definition) is 5. The number of ketones is 1. The number of allylic oxidation sites excluding steroid dienone is 1. The van der Waals surface area contributed by atoms with Crippen molar-refractivity contribution in [1.82, 2.24) is 5.32 Å². The van der Waals surface area contributed by atoms with E-state index in [1.807, 2.05) is 18.2 Å². The number of carboxylic acids is 2. The number of unbranched alkanes of at least 4 members (excludes halogenated alkanes) is 7. The van der Waals surface area contributed by atoms with Crippen LogP contribution in [0.2, 0.25) is 0 Å². The summed E-state index contributed by atoms with van der Waals surface area (Å²) >= 11 is 0. The maximum atomic E-state index is 13.5. The van der Waals surface area contributed by atoms with Crippen LogP contribution < -0.4 is 16.0 Å². The molecule has 0 heterocycles. The number of ether oxygens (including phenoxy) is 1. The maximum absolute atomic E-state index is 13.5. The summed E-state index contributed by atoms with van der Waals surface area (Å²) in [7, 11) is 0. The molecule has 0 radical (unpaired) electrons. The minimum atomic E-state index is -2.92. The SMILES string of the molecule is CCCCCCC(=O)CCCCCC/C=C/[C@H](C(=O)N[C@@H](Cc1ccc(Oc2ccccc2)cc1)C(=O)O)[C@@](O)(CC(=O)O)C(=O)ON. The van der Waals surface area contributed by atoms with E-state index in [4.69, 9.17) is 10.6 Å². The van der Waals surface area contributed by atoms with Crippen molar-refractivity contribution in [1.29, 1.82) is 0 Å². The number of carbonyl (C=O) groups is 5. The molecule has 2 aromatic rings. The lowest BCUT2D eigenvalue weighted by atomic mass is 9.82. The number of hydrogen-bond acceptors (Lipinski definition) is 9. The second-order valence-electron chi connectivity index (χ2n) is 11.8. The molecule has 0 spiro atoms. The Labute approximate surface area is 281 Å². The van der Waals surface area contributed by atoms with Crippen LogP contribution in [-0.4, -0.2) is 56.6 Å². The van der Waals surface area contributed by atoms with Gasteiger partial charge in [-0.25, -0.2) is 9.59 Å². The highest BCUT2D eigenvalue weighted by molar-refractivity contribution is 5.95. The zero-order valence-corrected chi connectivity index (χ0v) is 27.5. The van der Waals surface area contributed by atoms with E-state index >= 15 is 0 Å². The van der Waals surface area contributed by atoms with Gasteiger partial charge in [0, 0.05) is 19.3 Å². The van der Waals surface area contributed by atoms with E-state index in [0.29, 0.717) is 42.7 Å². The first-order valence-electron chi connectivity index (χ1n) is 16.4. The number of nitrogens with one attached hydrogen (secondary N) is 1. The third-order valence-electron chi connectivity index (χ3n) is 7.85. The van der Waals surface area contributed by atoms with Crippen LogP contribution in [-0.2, 0) is 35.2 Å². The zero-order valence-electron chi connectivity index (χ0n) is 27.5. The summed E-state index contributed by atoms with van der Waals surface area (Å²) in [6.45, 7) is 2.12. The molecule has 48 heavy (non-hydrogen) atoms. The van der Waals surface area contributed by atoms with Crippen molar-refractivity contribution in [2.45, 2.75) is 102 Å². The molecule has 0 unspecified atom stereocenters. The smallest absolute Gasteiger partial charge is 0.358 e. The monoisotopic (exact) mass is 668 g/mol. The summed E-state index contributed by atoms with van der Waals surface area (Å²) in [6.07, 6.45) is 10.1. The summed E-state index contributed by atoms with van der Waals surface area (Å²) in [5.41, 5.74) is -2.38. The molecule has 0 saturated heterocycles. The molecule has 3 atom stereocenters. The molecule has 12 heteroatoms. The number of carboxylic acid groups (broad SMARTS) is 2. The Morgan fingerprint density at radius 2 is 1.46 bits per heavy atom. The van der Waals surface area contributed by atoms with Gasteiger partial charge in [-0.05, 0) is 55.5 Å². The number of carbonyl (C=O) groups excluding carboxylic acids is 3. The Morgan fingerprint density at radius 3 is 2.04 bits per heavy atom. The Bertz CT molecular complexity index is 1350. The van der Waals surface area contributed by atoms with Crippen LogP contribution in [0.3, 0.4) is 0 Å². The van der Waals surface area contributed by atoms with Crippen LogP contribution in [0, 0.1) is 5.92 Å². The predicted octanol–water partition coefficient (Wildman–Crippen LogP) is 5.27. The molecule has 6 N–H and O–H groups in total. The van der Waals surface area contributed by atoms with Gasteiger partial charge in [-0.15, -0.1) is 0 Å². The number of amides is 1. The molecule has 0 saturated carbocycles. The number of rotatable bonds is 24. The second-order valence-corrected chi connectivity index (χ2v) is 11.8. The fourth-order valence-corrected chi connectivity index (χ4v) is 5.16. The van der Waals surface area contributed by atoms with Gasteiger partial charge in [-0.3, -0.25) is 14.4 Å². The quantitative estimate of drug-likeness (QED) is 0.0554. The topological polar surface area (TPSA) is 203 Å². The average Bonchev–Trinajstić information content (AvgIpc) is 3.06. The van der Waals surface area contributed by atoms with Crippen molar-refractivity contribution in [2.75, 3.05) is 0 Å². The van der Waals surface area contributed by atoms with Gasteiger partial charge in [-0.1, -0.05) is 81.5 Å². The Morgan fingerprint density at radius 1 is 0.854 bits per heavy atom. The molecular weight excluding hydrogens is 620 g/mol. The highest BCUT2D eigenvalue weighted by Gasteiger charge is 2.50. The molecule has 0 bridgehead atoms. The fourth-order valence-electron chi connectivity index (χ4n) is 5.16. The van der Waals surface area contributed by atoms with Crippen LogP contribution in [0.25, 0.3) is 0 Å². The van der Waals surface area contributed by atoms with Crippen molar-refractivity contribution in [3.63, 3.8) is 0 Å². The normalized spacial score (nSPS) is 13.6. The fraction of sp³-hybridized carbons (Fsp3) is 0.472. The maximum Gasteiger partial charge on any atom is 0.358 e. The Balaban J connectivity index is 2.06. The second kappa shape index (κ2) is 21.3. The van der Waals surface area contributed by atoms with Crippen molar-refractivity contribution in [3.05, 3.63) is 72.3 Å². The molecule has 0 aliphatic carbocycles. The Hall–Kier alpha value is -4.55. The van der Waals surface area contributed by atoms with E-state index in [-0.39, 0.29) is 12.2 Å². The molecule has 0 aliphatic rings. The van der Waals surface area contributed by atoms with E-state index in [1.54, 1.807) is 36.4 Å². The number of aliphatic carboxylic acids is 2. The molecule has 2 aromatic carbocycles. The predicted molar refractivity (Wildman–Crippen MR) is 178 cm³/mol. The first-order chi connectivity index (χ1) is 23.0. The number of Topliss-reactive ketones (excluding diaryl/α,β-unsaturated/α-hetero) is 1. The first-order valence-corrected chi connectivity index (χ1v) is 16.4. The van der Waals surface area contributed by atoms with Crippen LogP contribution in [0.4, 0.5) is 0 Å². The molecule has 2 rings (SSSR count). The van der Waals surface area contributed by atoms with E-state index in [2.05, 4.69) is 17.1 Å². The summed E-state index contributed by atoms with van der Waals surface area (Å²) in [6, 6.07) is 14.1. The van der Waals surface area contributed by atoms with E-state index in [1.165, 1.54) is 12.2 Å². The summed E-state index contributed by atoms with van der Waals surface area (Å²) in [4.78, 5) is 65.9. The summed E-state index contributed by atoms with van der Waals surface area (Å²) < 4.78 is 5.75. The third kappa shape index (κ3) is 14.1. The molecule has 0 aliphatic heterocycles. The minimum Gasteiger partial charge on any atom is -0.481 e. The van der Waals surface area contributed by atoms with Gasteiger partial charge >= 0.3 is 17.9 Å². The third-order valence-corrected chi connectivity index (χ3v) is 7.85. The van der Waals surface area contributed by atoms with Crippen molar-refractivity contribution in [3.8, 4) is 11.5 Å². The molecule has 12 nitrogen and oxygen atoms in total. The largest absolute Gasteiger partial charge is 0.481 e. The van der Waals surface area contributed by atoms with Gasteiger partial charge in [-0.2, -0.15) is 5.90 Å². The van der Waals surface area contributed by atoms with E-state index in [0.717, 1.165) is 44.9 Å².